The summed E-state index contributed by atoms with van der Waals surface area (Å²) in [5, 5.41) is 3.03. The molecule has 0 unspecified atom stereocenters. The summed E-state index contributed by atoms with van der Waals surface area (Å²) in [5.74, 6) is 1.47. The molecule has 1 N–H and O–H groups in total. The maximum absolute atomic E-state index is 12.3. The number of nitrogens with one attached hydrogen (secondary N) is 1. The van der Waals surface area contributed by atoms with Gasteiger partial charge in [0.05, 0.1) is 10.9 Å². The highest BCUT2D eigenvalue weighted by molar-refractivity contribution is 7.14. The molecule has 0 fully saturated rings. The summed E-state index contributed by atoms with van der Waals surface area (Å²) >= 11 is 1.53. The number of hydrogen-bond donors (Lipinski definition) is 1. The number of rotatable bonds is 3. The van der Waals surface area contributed by atoms with Crippen LogP contribution in [-0.2, 0) is 0 Å². The van der Waals surface area contributed by atoms with Crippen LogP contribution in [0.25, 0.3) is 0 Å². The zero-order chi connectivity index (χ0) is 15.7. The Morgan fingerprint density at radius 3 is 2.59 bits per heavy atom. The summed E-state index contributed by atoms with van der Waals surface area (Å²) in [5.41, 5.74) is 2.16. The maximum atomic E-state index is 12.3. The van der Waals surface area contributed by atoms with Crippen molar-refractivity contribution in [3.63, 3.8) is 0 Å². The lowest BCUT2D eigenvalue weighted by molar-refractivity contribution is 0.0943. The molecule has 22 heavy (non-hydrogen) atoms. The molecule has 1 aromatic heterocycles. The van der Waals surface area contributed by atoms with Crippen LogP contribution in [0.1, 0.15) is 38.6 Å². The third-order valence-corrected chi connectivity index (χ3v) is 4.95. The van der Waals surface area contributed by atoms with Crippen LogP contribution in [-0.4, -0.2) is 19.1 Å². The highest BCUT2D eigenvalue weighted by Gasteiger charge is 2.17. The number of carbonyl (C=O) groups excluding carboxylic acids is 1. The van der Waals surface area contributed by atoms with E-state index in [4.69, 9.17) is 9.47 Å². The Bertz CT molecular complexity index is 688. The largest absolute Gasteiger partial charge is 0.486 e. The Labute approximate surface area is 134 Å². The minimum Gasteiger partial charge on any atom is -0.486 e. The second-order valence-corrected chi connectivity index (χ2v) is 6.70. The summed E-state index contributed by atoms with van der Waals surface area (Å²) in [6.07, 6.45) is 0. The first-order valence-electron chi connectivity index (χ1n) is 7.32. The van der Waals surface area contributed by atoms with Crippen LogP contribution in [0.3, 0.4) is 0 Å². The van der Waals surface area contributed by atoms with E-state index in [1.54, 1.807) is 0 Å². The molecule has 1 aromatic carbocycles. The van der Waals surface area contributed by atoms with E-state index in [1.807, 2.05) is 45.0 Å². The van der Waals surface area contributed by atoms with E-state index in [2.05, 4.69) is 5.32 Å². The fourth-order valence-electron chi connectivity index (χ4n) is 2.37. The lowest BCUT2D eigenvalue weighted by Gasteiger charge is -2.21. The molecule has 3 rings (SSSR count). The minimum absolute atomic E-state index is 0.0383. The first-order chi connectivity index (χ1) is 10.5. The normalized spacial score (nSPS) is 14.5. The average Bonchev–Trinajstić information content (AvgIpc) is 2.86. The molecular weight excluding hydrogens is 298 g/mol. The lowest BCUT2D eigenvalue weighted by Crippen LogP contribution is -2.26. The molecule has 4 nitrogen and oxygen atoms in total. The molecule has 0 saturated heterocycles. The van der Waals surface area contributed by atoms with Crippen LogP contribution in [0.5, 0.6) is 11.5 Å². The summed E-state index contributed by atoms with van der Waals surface area (Å²) in [6.45, 7) is 7.16. The van der Waals surface area contributed by atoms with Gasteiger partial charge in [-0.15, -0.1) is 11.3 Å². The number of aryl methyl sites for hydroxylation is 2. The number of amides is 1. The number of carbonyl (C=O) groups is 1. The van der Waals surface area contributed by atoms with E-state index in [9.17, 15) is 4.79 Å². The van der Waals surface area contributed by atoms with Crippen LogP contribution in [0.15, 0.2) is 24.3 Å². The van der Waals surface area contributed by atoms with Crippen LogP contribution in [0.2, 0.25) is 0 Å². The molecule has 2 heterocycles. The minimum atomic E-state index is -0.0916. The van der Waals surface area contributed by atoms with E-state index >= 15 is 0 Å². The second kappa shape index (κ2) is 6.01. The van der Waals surface area contributed by atoms with E-state index in [0.717, 1.165) is 27.5 Å². The molecule has 116 valence electrons. The molecule has 2 aromatic rings. The van der Waals surface area contributed by atoms with Gasteiger partial charge in [-0.25, -0.2) is 0 Å². The highest BCUT2D eigenvalue weighted by atomic mass is 32.1. The van der Waals surface area contributed by atoms with E-state index in [0.29, 0.717) is 13.2 Å². The SMILES string of the molecule is Cc1cc(C(=O)N[C@H](C)c2ccc3c(c2)OCCO3)sc1C. The molecule has 1 amide bonds. The number of benzene rings is 1. The van der Waals surface area contributed by atoms with Crippen LogP contribution in [0.4, 0.5) is 0 Å². The van der Waals surface area contributed by atoms with Gasteiger partial charge < -0.3 is 14.8 Å². The van der Waals surface area contributed by atoms with Gasteiger partial charge >= 0.3 is 0 Å². The van der Waals surface area contributed by atoms with Gasteiger partial charge in [0.1, 0.15) is 13.2 Å². The quantitative estimate of drug-likeness (QED) is 0.940. The van der Waals surface area contributed by atoms with Crippen molar-refractivity contribution in [2.24, 2.45) is 0 Å². The average molecular weight is 317 g/mol. The van der Waals surface area contributed by atoms with Crippen molar-refractivity contribution in [1.82, 2.24) is 5.32 Å². The van der Waals surface area contributed by atoms with Crippen molar-refractivity contribution in [1.29, 1.82) is 0 Å². The Kier molecular flexibility index (Phi) is 4.07. The zero-order valence-electron chi connectivity index (χ0n) is 12.9. The van der Waals surface area contributed by atoms with Crippen LogP contribution in [0, 0.1) is 13.8 Å². The molecule has 1 aliphatic rings. The van der Waals surface area contributed by atoms with Gasteiger partial charge in [-0.05, 0) is 50.1 Å². The maximum Gasteiger partial charge on any atom is 0.261 e. The first-order valence-corrected chi connectivity index (χ1v) is 8.13. The summed E-state index contributed by atoms with van der Waals surface area (Å²) in [7, 11) is 0. The monoisotopic (exact) mass is 317 g/mol. The smallest absolute Gasteiger partial charge is 0.261 e. The molecule has 0 radical (unpaired) electrons. The molecular formula is C17H19NO3S. The Hall–Kier alpha value is -2.01. The summed E-state index contributed by atoms with van der Waals surface area (Å²) in [4.78, 5) is 14.3. The molecule has 0 saturated carbocycles. The predicted octanol–water partition coefficient (Wildman–Crippen LogP) is 3.63. The fraction of sp³-hybridized carbons (Fsp3) is 0.353. The predicted molar refractivity (Wildman–Crippen MR) is 87.1 cm³/mol. The fourth-order valence-corrected chi connectivity index (χ4v) is 3.30. The van der Waals surface area contributed by atoms with Gasteiger partial charge in [0.2, 0.25) is 0 Å². The van der Waals surface area contributed by atoms with Crippen molar-refractivity contribution < 1.29 is 14.3 Å². The summed E-state index contributed by atoms with van der Waals surface area (Å²) in [6, 6.07) is 7.64. The molecule has 1 atom stereocenters. The molecule has 0 bridgehead atoms. The molecule has 5 heteroatoms. The van der Waals surface area contributed by atoms with Gasteiger partial charge in [-0.1, -0.05) is 6.07 Å². The van der Waals surface area contributed by atoms with Gasteiger partial charge in [0.15, 0.2) is 11.5 Å². The standard InChI is InChI=1S/C17H19NO3S/c1-10-8-16(22-12(10)3)17(19)18-11(2)13-4-5-14-15(9-13)21-7-6-20-14/h4-5,8-9,11H,6-7H2,1-3H3,(H,18,19)/t11-/m1/s1. The highest BCUT2D eigenvalue weighted by Crippen LogP contribution is 2.32. The Balaban J connectivity index is 1.73. The van der Waals surface area contributed by atoms with Gasteiger partial charge in [-0.3, -0.25) is 4.79 Å². The van der Waals surface area contributed by atoms with Gasteiger partial charge in [-0.2, -0.15) is 0 Å². The van der Waals surface area contributed by atoms with Crippen LogP contribution < -0.4 is 14.8 Å². The summed E-state index contributed by atoms with van der Waals surface area (Å²) < 4.78 is 11.1. The second-order valence-electron chi connectivity index (χ2n) is 5.45. The van der Waals surface area contributed by atoms with Crippen molar-refractivity contribution in [2.75, 3.05) is 13.2 Å². The number of hydrogen-bond acceptors (Lipinski definition) is 4. The number of ether oxygens (including phenoxy) is 2. The van der Waals surface area contributed by atoms with Crippen molar-refractivity contribution in [2.45, 2.75) is 26.8 Å². The van der Waals surface area contributed by atoms with Gasteiger partial charge in [0.25, 0.3) is 5.91 Å². The topological polar surface area (TPSA) is 47.6 Å². The van der Waals surface area contributed by atoms with E-state index < -0.39 is 0 Å². The third kappa shape index (κ3) is 2.95. The van der Waals surface area contributed by atoms with E-state index in [1.165, 1.54) is 16.2 Å². The lowest BCUT2D eigenvalue weighted by atomic mass is 10.1. The van der Waals surface area contributed by atoms with Crippen LogP contribution >= 0.6 is 11.3 Å². The first kappa shape index (κ1) is 14.9. The number of fused-ring (bicyclic) bond motifs is 1. The van der Waals surface area contributed by atoms with Gasteiger partial charge in [0, 0.05) is 4.88 Å². The van der Waals surface area contributed by atoms with E-state index in [-0.39, 0.29) is 11.9 Å². The van der Waals surface area contributed by atoms with Crippen molar-refractivity contribution in [3.8, 4) is 11.5 Å². The van der Waals surface area contributed by atoms with Crippen molar-refractivity contribution >= 4 is 17.2 Å². The van der Waals surface area contributed by atoms with Crippen molar-refractivity contribution in [3.05, 3.63) is 45.1 Å². The third-order valence-electron chi connectivity index (χ3n) is 3.80. The molecule has 1 aliphatic heterocycles. The number of thiophene rings is 1. The molecule has 0 spiro atoms. The zero-order valence-corrected chi connectivity index (χ0v) is 13.8. The Morgan fingerprint density at radius 2 is 1.91 bits per heavy atom. The molecule has 0 aliphatic carbocycles. The Morgan fingerprint density at radius 1 is 1.18 bits per heavy atom.